The first-order valence-corrected chi connectivity index (χ1v) is 6.61. The number of piperidine rings is 1. The maximum absolute atomic E-state index is 12.3. The number of amides is 1. The van der Waals surface area contributed by atoms with Crippen molar-refractivity contribution in [3.63, 3.8) is 0 Å². The molecule has 1 heterocycles. The molecular weight excluding hydrogens is 244 g/mol. The van der Waals surface area contributed by atoms with E-state index in [0.717, 1.165) is 12.8 Å². The number of carbonyl (C=O) groups is 1. The van der Waals surface area contributed by atoms with Gasteiger partial charge in [0, 0.05) is 18.7 Å². The lowest BCUT2D eigenvalue weighted by molar-refractivity contribution is 0.0474. The van der Waals surface area contributed by atoms with E-state index in [9.17, 15) is 9.90 Å². The number of likely N-dealkylation sites (tertiary alicyclic amines) is 1. The molecule has 5 nitrogen and oxygen atoms in total. The molecule has 1 amide bonds. The van der Waals surface area contributed by atoms with Gasteiger partial charge in [-0.1, -0.05) is 0 Å². The van der Waals surface area contributed by atoms with Gasteiger partial charge in [-0.3, -0.25) is 4.79 Å². The highest BCUT2D eigenvalue weighted by molar-refractivity contribution is 5.95. The number of nitrogens with two attached hydrogens (primary N) is 1. The van der Waals surface area contributed by atoms with Crippen molar-refractivity contribution in [3.05, 3.63) is 23.8 Å². The fraction of sp³-hybridized carbons (Fsp3) is 0.500. The number of nitrogen functional groups attached to an aromatic ring is 1. The Morgan fingerprint density at radius 1 is 1.58 bits per heavy atom. The molecule has 1 saturated heterocycles. The Kier molecular flexibility index (Phi) is 4.27. The summed E-state index contributed by atoms with van der Waals surface area (Å²) in [6.45, 7) is 3.50. The van der Waals surface area contributed by atoms with Gasteiger partial charge in [0.05, 0.1) is 18.4 Å². The second-order valence-electron chi connectivity index (χ2n) is 4.73. The average molecular weight is 264 g/mol. The van der Waals surface area contributed by atoms with E-state index in [1.807, 2.05) is 6.92 Å². The highest BCUT2D eigenvalue weighted by Crippen LogP contribution is 2.24. The van der Waals surface area contributed by atoms with Crippen LogP contribution >= 0.6 is 0 Å². The second-order valence-corrected chi connectivity index (χ2v) is 4.73. The summed E-state index contributed by atoms with van der Waals surface area (Å²) in [4.78, 5) is 14.0. The van der Waals surface area contributed by atoms with E-state index in [0.29, 0.717) is 36.7 Å². The molecule has 3 N–H and O–H groups in total. The number of hydrogen-bond donors (Lipinski definition) is 2. The Balaban J connectivity index is 2.12. The molecule has 0 radical (unpaired) electrons. The third kappa shape index (κ3) is 3.17. The molecule has 1 aliphatic heterocycles. The van der Waals surface area contributed by atoms with Crippen molar-refractivity contribution in [1.82, 2.24) is 4.90 Å². The average Bonchev–Trinajstić information content (AvgIpc) is 2.40. The zero-order valence-electron chi connectivity index (χ0n) is 11.1. The van der Waals surface area contributed by atoms with Crippen molar-refractivity contribution in [1.29, 1.82) is 0 Å². The van der Waals surface area contributed by atoms with Crippen LogP contribution in [-0.2, 0) is 0 Å². The molecule has 0 bridgehead atoms. The van der Waals surface area contributed by atoms with Crippen LogP contribution in [0.25, 0.3) is 0 Å². The predicted molar refractivity (Wildman–Crippen MR) is 73.2 cm³/mol. The zero-order chi connectivity index (χ0) is 13.8. The molecule has 0 aliphatic carbocycles. The van der Waals surface area contributed by atoms with Crippen LogP contribution in [-0.4, -0.2) is 41.7 Å². The van der Waals surface area contributed by atoms with Crippen LogP contribution in [0.15, 0.2) is 18.2 Å². The zero-order valence-corrected chi connectivity index (χ0v) is 11.1. The summed E-state index contributed by atoms with van der Waals surface area (Å²) in [6, 6.07) is 5.06. The minimum atomic E-state index is -0.419. The number of aliphatic hydroxyl groups excluding tert-OH is 1. The van der Waals surface area contributed by atoms with Crippen LogP contribution in [0.1, 0.15) is 30.1 Å². The summed E-state index contributed by atoms with van der Waals surface area (Å²) in [6.07, 6.45) is 1.17. The third-order valence-electron chi connectivity index (χ3n) is 3.24. The Hall–Kier alpha value is -1.75. The van der Waals surface area contributed by atoms with Gasteiger partial charge in [0.15, 0.2) is 0 Å². The van der Waals surface area contributed by atoms with Crippen LogP contribution in [0.4, 0.5) is 5.69 Å². The molecule has 0 spiro atoms. The number of benzene rings is 1. The summed E-state index contributed by atoms with van der Waals surface area (Å²) in [5.74, 6) is 0.506. The summed E-state index contributed by atoms with van der Waals surface area (Å²) < 4.78 is 5.34. The molecule has 1 atom stereocenters. The normalized spacial score (nSPS) is 19.3. The van der Waals surface area contributed by atoms with Gasteiger partial charge < -0.3 is 20.5 Å². The molecule has 104 valence electrons. The lowest BCUT2D eigenvalue weighted by Crippen LogP contribution is -2.42. The number of nitrogens with zero attached hydrogens (tertiary/aromatic N) is 1. The van der Waals surface area contributed by atoms with E-state index in [2.05, 4.69) is 0 Å². The van der Waals surface area contributed by atoms with Crippen LogP contribution in [0.2, 0.25) is 0 Å². The fourth-order valence-electron chi connectivity index (χ4n) is 2.29. The van der Waals surface area contributed by atoms with Crippen molar-refractivity contribution < 1.29 is 14.6 Å². The van der Waals surface area contributed by atoms with E-state index in [1.165, 1.54) is 0 Å². The highest BCUT2D eigenvalue weighted by Gasteiger charge is 2.23. The van der Waals surface area contributed by atoms with Crippen molar-refractivity contribution >= 4 is 11.6 Å². The molecule has 0 saturated carbocycles. The summed E-state index contributed by atoms with van der Waals surface area (Å²) >= 11 is 0. The van der Waals surface area contributed by atoms with Crippen LogP contribution in [0, 0.1) is 0 Å². The third-order valence-corrected chi connectivity index (χ3v) is 3.24. The van der Waals surface area contributed by atoms with E-state index in [4.69, 9.17) is 10.5 Å². The summed E-state index contributed by atoms with van der Waals surface area (Å²) in [5, 5.41) is 9.61. The number of carbonyl (C=O) groups excluding carboxylic acids is 1. The first kappa shape index (κ1) is 13.7. The molecule has 1 fully saturated rings. The topological polar surface area (TPSA) is 75.8 Å². The molecule has 1 aliphatic rings. The molecule has 5 heteroatoms. The van der Waals surface area contributed by atoms with E-state index >= 15 is 0 Å². The molecule has 19 heavy (non-hydrogen) atoms. The molecule has 1 aromatic carbocycles. The van der Waals surface area contributed by atoms with Gasteiger partial charge in [-0.2, -0.15) is 0 Å². The quantitative estimate of drug-likeness (QED) is 0.806. The van der Waals surface area contributed by atoms with Crippen LogP contribution in [0.3, 0.4) is 0 Å². The lowest BCUT2D eigenvalue weighted by Gasteiger charge is -2.30. The Labute approximate surface area is 113 Å². The van der Waals surface area contributed by atoms with Gasteiger partial charge in [0.1, 0.15) is 5.75 Å². The summed E-state index contributed by atoms with van der Waals surface area (Å²) in [5.41, 5.74) is 6.86. The van der Waals surface area contributed by atoms with E-state index in [1.54, 1.807) is 23.1 Å². The maximum Gasteiger partial charge on any atom is 0.254 e. The second kappa shape index (κ2) is 5.93. The number of aliphatic hydroxyl groups is 1. The first-order valence-electron chi connectivity index (χ1n) is 6.61. The van der Waals surface area contributed by atoms with E-state index < -0.39 is 6.10 Å². The Morgan fingerprint density at radius 2 is 2.37 bits per heavy atom. The Bertz CT molecular complexity index is 462. The monoisotopic (exact) mass is 264 g/mol. The first-order chi connectivity index (χ1) is 9.11. The van der Waals surface area contributed by atoms with Crippen molar-refractivity contribution in [3.8, 4) is 5.75 Å². The predicted octanol–water partition coefficient (Wildman–Crippen LogP) is 1.26. The number of anilines is 1. The smallest absolute Gasteiger partial charge is 0.254 e. The fourth-order valence-corrected chi connectivity index (χ4v) is 2.29. The number of β-amino-alcohol motifs (C(OH)–C–C–N with tert-alkyl or cyclic N) is 1. The minimum Gasteiger partial charge on any atom is -0.492 e. The molecule has 1 aromatic rings. The number of ether oxygens (including phenoxy) is 1. The standard InChI is InChI=1S/C14H20N2O3/c1-2-19-13-6-5-10(8-12(13)15)14(18)16-7-3-4-11(17)9-16/h5-6,8,11,17H,2-4,7,9,15H2,1H3. The van der Waals surface area contributed by atoms with Gasteiger partial charge >= 0.3 is 0 Å². The van der Waals surface area contributed by atoms with Crippen LogP contribution in [0.5, 0.6) is 5.75 Å². The largest absolute Gasteiger partial charge is 0.492 e. The van der Waals surface area contributed by atoms with Gasteiger partial charge in [-0.25, -0.2) is 0 Å². The van der Waals surface area contributed by atoms with Crippen LogP contribution < -0.4 is 10.5 Å². The van der Waals surface area contributed by atoms with Gasteiger partial charge in [0.2, 0.25) is 0 Å². The summed E-state index contributed by atoms with van der Waals surface area (Å²) in [7, 11) is 0. The maximum atomic E-state index is 12.3. The van der Waals surface area contributed by atoms with Crippen molar-refractivity contribution in [2.45, 2.75) is 25.9 Å². The molecule has 0 aromatic heterocycles. The van der Waals surface area contributed by atoms with E-state index in [-0.39, 0.29) is 5.91 Å². The molecular formula is C14H20N2O3. The molecule has 2 rings (SSSR count). The number of rotatable bonds is 3. The van der Waals surface area contributed by atoms with Gasteiger partial charge in [0.25, 0.3) is 5.91 Å². The highest BCUT2D eigenvalue weighted by atomic mass is 16.5. The van der Waals surface area contributed by atoms with Crippen molar-refractivity contribution in [2.24, 2.45) is 0 Å². The minimum absolute atomic E-state index is 0.0894. The SMILES string of the molecule is CCOc1ccc(C(=O)N2CCCC(O)C2)cc1N. The number of hydrogen-bond acceptors (Lipinski definition) is 4. The Morgan fingerprint density at radius 3 is 3.00 bits per heavy atom. The molecule has 1 unspecified atom stereocenters. The van der Waals surface area contributed by atoms with Gasteiger partial charge in [-0.05, 0) is 38.0 Å². The van der Waals surface area contributed by atoms with Gasteiger partial charge in [-0.15, -0.1) is 0 Å². The van der Waals surface area contributed by atoms with Crippen molar-refractivity contribution in [2.75, 3.05) is 25.4 Å². The lowest BCUT2D eigenvalue weighted by atomic mass is 10.1.